The SMILES string of the molecule is COc1ccc(-c2cc(Cl)ccc2C(=O)O)c(OC)c1Cl. The van der Waals surface area contributed by atoms with Crippen LogP contribution in [0.1, 0.15) is 10.4 Å². The van der Waals surface area contributed by atoms with Crippen molar-refractivity contribution in [3.63, 3.8) is 0 Å². The molecule has 21 heavy (non-hydrogen) atoms. The molecule has 0 amide bonds. The highest BCUT2D eigenvalue weighted by Gasteiger charge is 2.19. The van der Waals surface area contributed by atoms with Crippen molar-refractivity contribution in [3.05, 3.63) is 45.9 Å². The summed E-state index contributed by atoms with van der Waals surface area (Å²) in [6.07, 6.45) is 0. The third-order valence-electron chi connectivity index (χ3n) is 2.99. The summed E-state index contributed by atoms with van der Waals surface area (Å²) in [5, 5.41) is 10.0. The quantitative estimate of drug-likeness (QED) is 0.906. The lowest BCUT2D eigenvalue weighted by Crippen LogP contribution is -2.01. The van der Waals surface area contributed by atoms with Gasteiger partial charge in [-0.2, -0.15) is 0 Å². The van der Waals surface area contributed by atoms with Crippen molar-refractivity contribution in [1.82, 2.24) is 0 Å². The second kappa shape index (κ2) is 6.24. The lowest BCUT2D eigenvalue weighted by atomic mass is 9.98. The molecule has 0 atom stereocenters. The average Bonchev–Trinajstić information content (AvgIpc) is 2.46. The van der Waals surface area contributed by atoms with Crippen LogP contribution in [0.4, 0.5) is 0 Å². The Morgan fingerprint density at radius 3 is 2.33 bits per heavy atom. The minimum absolute atomic E-state index is 0.110. The van der Waals surface area contributed by atoms with Crippen molar-refractivity contribution >= 4 is 29.2 Å². The predicted molar refractivity (Wildman–Crippen MR) is 82.0 cm³/mol. The number of ether oxygens (including phenoxy) is 2. The Balaban J connectivity index is 2.75. The van der Waals surface area contributed by atoms with Crippen molar-refractivity contribution in [3.8, 4) is 22.6 Å². The highest BCUT2D eigenvalue weighted by Crippen LogP contribution is 2.43. The molecule has 2 aromatic rings. The van der Waals surface area contributed by atoms with Crippen LogP contribution in [0.15, 0.2) is 30.3 Å². The fourth-order valence-corrected chi connectivity index (χ4v) is 2.52. The molecule has 0 spiro atoms. The number of aromatic carboxylic acids is 1. The molecule has 0 aromatic heterocycles. The molecule has 0 saturated heterocycles. The minimum Gasteiger partial charge on any atom is -0.495 e. The van der Waals surface area contributed by atoms with Crippen LogP contribution in [0.5, 0.6) is 11.5 Å². The van der Waals surface area contributed by atoms with Gasteiger partial charge in [0.15, 0.2) is 0 Å². The molecule has 0 bridgehead atoms. The number of carboxylic acid groups (broad SMARTS) is 1. The van der Waals surface area contributed by atoms with Crippen LogP contribution >= 0.6 is 23.2 Å². The lowest BCUT2D eigenvalue weighted by Gasteiger charge is -2.15. The van der Waals surface area contributed by atoms with Gasteiger partial charge < -0.3 is 14.6 Å². The largest absolute Gasteiger partial charge is 0.495 e. The molecule has 2 rings (SSSR count). The van der Waals surface area contributed by atoms with Crippen molar-refractivity contribution < 1.29 is 19.4 Å². The number of halogens is 2. The van der Waals surface area contributed by atoms with Crippen molar-refractivity contribution in [1.29, 1.82) is 0 Å². The second-order valence-electron chi connectivity index (χ2n) is 4.16. The molecule has 0 saturated carbocycles. The van der Waals surface area contributed by atoms with E-state index in [0.717, 1.165) is 0 Å². The highest BCUT2D eigenvalue weighted by molar-refractivity contribution is 6.34. The summed E-state index contributed by atoms with van der Waals surface area (Å²) in [5.74, 6) is -0.285. The van der Waals surface area contributed by atoms with E-state index in [9.17, 15) is 9.90 Å². The van der Waals surface area contributed by atoms with E-state index in [1.165, 1.54) is 26.4 Å². The summed E-state index contributed by atoms with van der Waals surface area (Å²) in [5.41, 5.74) is 1.07. The maximum Gasteiger partial charge on any atom is 0.336 e. The standard InChI is InChI=1S/C15H12Cl2O4/c1-20-12-6-5-9(14(21-2)13(12)17)11-7-8(16)3-4-10(11)15(18)19/h3-7H,1-2H3,(H,18,19). The maximum absolute atomic E-state index is 11.4. The summed E-state index contributed by atoms with van der Waals surface area (Å²) >= 11 is 12.2. The molecule has 6 heteroatoms. The Morgan fingerprint density at radius 1 is 1.05 bits per heavy atom. The van der Waals surface area contributed by atoms with Gasteiger partial charge in [-0.3, -0.25) is 0 Å². The first-order valence-electron chi connectivity index (χ1n) is 5.93. The highest BCUT2D eigenvalue weighted by atomic mass is 35.5. The lowest BCUT2D eigenvalue weighted by molar-refractivity contribution is 0.0698. The molecule has 0 fully saturated rings. The average molecular weight is 327 g/mol. The Bertz CT molecular complexity index is 698. The zero-order valence-corrected chi connectivity index (χ0v) is 12.8. The molecule has 0 aliphatic rings. The molecule has 0 radical (unpaired) electrons. The third-order valence-corrected chi connectivity index (χ3v) is 3.58. The summed E-state index contributed by atoms with van der Waals surface area (Å²) in [6, 6.07) is 7.85. The van der Waals surface area contributed by atoms with E-state index in [-0.39, 0.29) is 10.6 Å². The van der Waals surface area contributed by atoms with E-state index in [0.29, 0.717) is 27.6 Å². The van der Waals surface area contributed by atoms with Gasteiger partial charge in [0.05, 0.1) is 19.8 Å². The van der Waals surface area contributed by atoms with E-state index in [4.69, 9.17) is 32.7 Å². The smallest absolute Gasteiger partial charge is 0.336 e. The summed E-state index contributed by atoms with van der Waals surface area (Å²) in [6.45, 7) is 0. The number of hydrogen-bond acceptors (Lipinski definition) is 3. The zero-order chi connectivity index (χ0) is 15.6. The zero-order valence-electron chi connectivity index (χ0n) is 11.3. The Morgan fingerprint density at radius 2 is 1.76 bits per heavy atom. The molecule has 0 aliphatic carbocycles. The molecule has 0 aliphatic heterocycles. The van der Waals surface area contributed by atoms with Crippen LogP contribution in [-0.2, 0) is 0 Å². The summed E-state index contributed by atoms with van der Waals surface area (Å²) in [4.78, 5) is 11.4. The van der Waals surface area contributed by atoms with Gasteiger partial charge >= 0.3 is 5.97 Å². The predicted octanol–water partition coefficient (Wildman–Crippen LogP) is 4.38. The fourth-order valence-electron chi connectivity index (χ4n) is 2.03. The van der Waals surface area contributed by atoms with Gasteiger partial charge in [0, 0.05) is 16.1 Å². The number of benzene rings is 2. The van der Waals surface area contributed by atoms with Gasteiger partial charge in [-0.15, -0.1) is 0 Å². The Kier molecular flexibility index (Phi) is 4.60. The van der Waals surface area contributed by atoms with E-state index in [1.807, 2.05) is 0 Å². The van der Waals surface area contributed by atoms with E-state index < -0.39 is 5.97 Å². The topological polar surface area (TPSA) is 55.8 Å². The summed E-state index contributed by atoms with van der Waals surface area (Å²) < 4.78 is 10.4. The van der Waals surface area contributed by atoms with Crippen molar-refractivity contribution in [2.75, 3.05) is 14.2 Å². The maximum atomic E-state index is 11.4. The number of carboxylic acids is 1. The normalized spacial score (nSPS) is 10.3. The van der Waals surface area contributed by atoms with Crippen LogP contribution in [-0.4, -0.2) is 25.3 Å². The number of rotatable bonds is 4. The first-order valence-corrected chi connectivity index (χ1v) is 6.69. The molecule has 1 N–H and O–H groups in total. The van der Waals surface area contributed by atoms with Crippen molar-refractivity contribution in [2.45, 2.75) is 0 Å². The molecule has 0 unspecified atom stereocenters. The second-order valence-corrected chi connectivity index (χ2v) is 4.97. The minimum atomic E-state index is -1.06. The Hall–Kier alpha value is -1.91. The van der Waals surface area contributed by atoms with Crippen molar-refractivity contribution in [2.24, 2.45) is 0 Å². The third kappa shape index (κ3) is 2.91. The molecule has 4 nitrogen and oxygen atoms in total. The van der Waals surface area contributed by atoms with Gasteiger partial charge in [-0.25, -0.2) is 4.79 Å². The monoisotopic (exact) mass is 326 g/mol. The Labute approximate surface area is 131 Å². The number of hydrogen-bond donors (Lipinski definition) is 1. The summed E-state index contributed by atoms with van der Waals surface area (Å²) in [7, 11) is 2.94. The van der Waals surface area contributed by atoms with Crippen LogP contribution in [0.25, 0.3) is 11.1 Å². The first-order chi connectivity index (χ1) is 9.99. The first kappa shape index (κ1) is 15.5. The molecular formula is C15H12Cl2O4. The van der Waals surface area contributed by atoms with Crippen LogP contribution in [0.3, 0.4) is 0 Å². The van der Waals surface area contributed by atoms with Crippen LogP contribution in [0.2, 0.25) is 10.0 Å². The molecule has 0 heterocycles. The van der Waals surface area contributed by atoms with Crippen LogP contribution < -0.4 is 9.47 Å². The molecule has 2 aromatic carbocycles. The van der Waals surface area contributed by atoms with Gasteiger partial charge in [-0.1, -0.05) is 23.2 Å². The van der Waals surface area contributed by atoms with E-state index in [1.54, 1.807) is 18.2 Å². The van der Waals surface area contributed by atoms with E-state index in [2.05, 4.69) is 0 Å². The van der Waals surface area contributed by atoms with Gasteiger partial charge in [0.1, 0.15) is 16.5 Å². The molecular weight excluding hydrogens is 315 g/mol. The van der Waals surface area contributed by atoms with Gasteiger partial charge in [0.2, 0.25) is 0 Å². The van der Waals surface area contributed by atoms with Gasteiger partial charge in [0.25, 0.3) is 0 Å². The van der Waals surface area contributed by atoms with Gasteiger partial charge in [-0.05, 0) is 30.3 Å². The number of methoxy groups -OCH3 is 2. The number of carbonyl (C=O) groups is 1. The van der Waals surface area contributed by atoms with E-state index >= 15 is 0 Å². The fraction of sp³-hybridized carbons (Fsp3) is 0.133. The van der Waals surface area contributed by atoms with Crippen LogP contribution in [0, 0.1) is 0 Å². The molecule has 110 valence electrons.